The van der Waals surface area contributed by atoms with Gasteiger partial charge in [-0.2, -0.15) is 10.4 Å². The fraction of sp³-hybridized carbons (Fsp3) is 0.333. The molecule has 0 saturated carbocycles. The number of hydrogen-bond donors (Lipinski definition) is 0. The first-order chi connectivity index (χ1) is 5.22. The summed E-state index contributed by atoms with van der Waals surface area (Å²) in [6, 6.07) is 1.79. The van der Waals surface area contributed by atoms with Crippen LogP contribution in [0.25, 0.3) is 0 Å². The zero-order valence-corrected chi connectivity index (χ0v) is 5.54. The van der Waals surface area contributed by atoms with Gasteiger partial charge in [0, 0.05) is 6.20 Å². The first-order valence-corrected chi connectivity index (χ1v) is 2.93. The summed E-state index contributed by atoms with van der Waals surface area (Å²) in [7, 11) is 0. The Morgan fingerprint density at radius 3 is 2.91 bits per heavy atom. The summed E-state index contributed by atoms with van der Waals surface area (Å²) in [6.07, 6.45) is 0.107. The minimum Gasteiger partial charge on any atom is -0.266 e. The van der Waals surface area contributed by atoms with Gasteiger partial charge in [0.15, 0.2) is 0 Å². The molecule has 1 heterocycles. The van der Waals surface area contributed by atoms with Crippen LogP contribution < -0.4 is 0 Å². The highest BCUT2D eigenvalue weighted by Gasteiger charge is 2.04. The lowest BCUT2D eigenvalue weighted by molar-refractivity contribution is 0.122. The summed E-state index contributed by atoms with van der Waals surface area (Å²) >= 11 is 0. The number of nitriles is 1. The summed E-state index contributed by atoms with van der Waals surface area (Å²) in [5, 5.41) is 11.8. The van der Waals surface area contributed by atoms with Crippen LogP contribution in [-0.4, -0.2) is 16.2 Å². The van der Waals surface area contributed by atoms with Gasteiger partial charge in [0.2, 0.25) is 0 Å². The number of halogens is 2. The Labute approximate surface area is 61.9 Å². The van der Waals surface area contributed by atoms with Crippen LogP contribution in [0.1, 0.15) is 5.56 Å². The molecule has 0 amide bonds. The second-order valence-electron chi connectivity index (χ2n) is 1.95. The fourth-order valence-electron chi connectivity index (χ4n) is 0.663. The van der Waals surface area contributed by atoms with Crippen LogP contribution in [0, 0.1) is 11.3 Å². The van der Waals surface area contributed by atoms with Crippen molar-refractivity contribution in [2.45, 2.75) is 13.0 Å². The molecule has 1 rings (SSSR count). The Morgan fingerprint density at radius 2 is 2.45 bits per heavy atom. The van der Waals surface area contributed by atoms with E-state index in [4.69, 9.17) is 5.26 Å². The third-order valence-corrected chi connectivity index (χ3v) is 1.09. The van der Waals surface area contributed by atoms with Crippen LogP contribution >= 0.6 is 0 Å². The standard InChI is InChI=1S/C6H5F2N3/c7-6(8)4-11-3-5(1-9)2-10-11/h2-3,6H,4H2. The number of nitrogens with zero attached hydrogens (tertiary/aromatic N) is 3. The zero-order chi connectivity index (χ0) is 8.27. The van der Waals surface area contributed by atoms with Crippen molar-refractivity contribution in [2.24, 2.45) is 0 Å². The lowest BCUT2D eigenvalue weighted by atomic mass is 10.4. The van der Waals surface area contributed by atoms with E-state index in [1.54, 1.807) is 6.07 Å². The van der Waals surface area contributed by atoms with E-state index < -0.39 is 13.0 Å². The van der Waals surface area contributed by atoms with Gasteiger partial charge < -0.3 is 0 Å². The van der Waals surface area contributed by atoms with Gasteiger partial charge in [0.05, 0.1) is 11.8 Å². The Hall–Kier alpha value is -1.44. The number of rotatable bonds is 2. The van der Waals surface area contributed by atoms with Gasteiger partial charge in [0.25, 0.3) is 6.43 Å². The third-order valence-electron chi connectivity index (χ3n) is 1.09. The lowest BCUT2D eigenvalue weighted by Gasteiger charge is -1.96. The van der Waals surface area contributed by atoms with E-state index in [1.807, 2.05) is 0 Å². The van der Waals surface area contributed by atoms with Gasteiger partial charge >= 0.3 is 0 Å². The SMILES string of the molecule is N#Cc1cnn(CC(F)F)c1. The van der Waals surface area contributed by atoms with Crippen molar-refractivity contribution < 1.29 is 8.78 Å². The highest BCUT2D eigenvalue weighted by Crippen LogP contribution is 1.99. The minimum absolute atomic E-state index is 0.297. The summed E-state index contributed by atoms with van der Waals surface area (Å²) in [5.41, 5.74) is 0.297. The van der Waals surface area contributed by atoms with E-state index in [-0.39, 0.29) is 0 Å². The van der Waals surface area contributed by atoms with Crippen LogP contribution in [0.15, 0.2) is 12.4 Å². The molecule has 0 radical (unpaired) electrons. The van der Waals surface area contributed by atoms with Gasteiger partial charge in [-0.05, 0) is 0 Å². The van der Waals surface area contributed by atoms with E-state index in [0.29, 0.717) is 5.56 Å². The van der Waals surface area contributed by atoms with E-state index in [2.05, 4.69) is 5.10 Å². The number of alkyl halides is 2. The van der Waals surface area contributed by atoms with Gasteiger partial charge in [0.1, 0.15) is 12.6 Å². The molecule has 1 aromatic rings. The maximum Gasteiger partial charge on any atom is 0.257 e. The van der Waals surface area contributed by atoms with Crippen molar-refractivity contribution in [1.82, 2.24) is 9.78 Å². The molecule has 0 N–H and O–H groups in total. The lowest BCUT2D eigenvalue weighted by Crippen LogP contribution is -2.06. The molecule has 0 aliphatic heterocycles. The highest BCUT2D eigenvalue weighted by molar-refractivity contribution is 5.21. The molecule has 0 saturated heterocycles. The smallest absolute Gasteiger partial charge is 0.257 e. The molecule has 0 aliphatic carbocycles. The fourth-order valence-corrected chi connectivity index (χ4v) is 0.663. The summed E-state index contributed by atoms with van der Waals surface area (Å²) in [6.45, 7) is -0.457. The number of hydrogen-bond acceptors (Lipinski definition) is 2. The first kappa shape index (κ1) is 7.66. The van der Waals surface area contributed by atoms with Crippen LogP contribution in [-0.2, 0) is 6.54 Å². The largest absolute Gasteiger partial charge is 0.266 e. The third kappa shape index (κ3) is 2.00. The van der Waals surface area contributed by atoms with Crippen LogP contribution in [0.5, 0.6) is 0 Å². The van der Waals surface area contributed by atoms with E-state index in [9.17, 15) is 8.78 Å². The Balaban J connectivity index is 2.67. The van der Waals surface area contributed by atoms with Crippen LogP contribution in [0.3, 0.4) is 0 Å². The normalized spacial score (nSPS) is 10.0. The van der Waals surface area contributed by atoms with Gasteiger partial charge in [-0.3, -0.25) is 4.68 Å². The molecule has 0 unspecified atom stereocenters. The molecule has 0 bridgehead atoms. The van der Waals surface area contributed by atoms with E-state index in [0.717, 1.165) is 4.68 Å². The summed E-state index contributed by atoms with van der Waals surface area (Å²) < 4.78 is 24.4. The van der Waals surface area contributed by atoms with Gasteiger partial charge in [-0.1, -0.05) is 0 Å². The van der Waals surface area contributed by atoms with E-state index in [1.165, 1.54) is 12.4 Å². The molecule has 0 atom stereocenters. The molecule has 3 nitrogen and oxygen atoms in total. The van der Waals surface area contributed by atoms with Crippen LogP contribution in [0.4, 0.5) is 8.78 Å². The monoisotopic (exact) mass is 157 g/mol. The molecular weight excluding hydrogens is 152 g/mol. The van der Waals surface area contributed by atoms with Crippen molar-refractivity contribution in [3.63, 3.8) is 0 Å². The molecule has 0 aliphatic rings. The van der Waals surface area contributed by atoms with Crippen molar-refractivity contribution in [3.05, 3.63) is 18.0 Å². The average molecular weight is 157 g/mol. The van der Waals surface area contributed by atoms with Crippen LogP contribution in [0.2, 0.25) is 0 Å². The molecule has 58 valence electrons. The molecule has 5 heteroatoms. The second-order valence-corrected chi connectivity index (χ2v) is 1.95. The Bertz CT molecular complexity index is 274. The molecule has 0 aromatic carbocycles. The summed E-state index contributed by atoms with van der Waals surface area (Å²) in [4.78, 5) is 0. The summed E-state index contributed by atoms with van der Waals surface area (Å²) in [5.74, 6) is 0. The van der Waals surface area contributed by atoms with Gasteiger partial charge in [-0.15, -0.1) is 0 Å². The maximum atomic E-state index is 11.7. The van der Waals surface area contributed by atoms with Gasteiger partial charge in [-0.25, -0.2) is 8.78 Å². The predicted octanol–water partition coefficient (Wildman–Crippen LogP) is 1.02. The Kier molecular flexibility index (Phi) is 2.16. The topological polar surface area (TPSA) is 41.6 Å². The molecule has 11 heavy (non-hydrogen) atoms. The average Bonchev–Trinajstić information content (AvgIpc) is 2.34. The molecular formula is C6H5F2N3. The maximum absolute atomic E-state index is 11.7. The van der Waals surface area contributed by atoms with Crippen molar-refractivity contribution in [1.29, 1.82) is 5.26 Å². The molecule has 1 aromatic heterocycles. The minimum atomic E-state index is -2.43. The quantitative estimate of drug-likeness (QED) is 0.643. The molecule has 0 spiro atoms. The van der Waals surface area contributed by atoms with Crippen molar-refractivity contribution >= 4 is 0 Å². The van der Waals surface area contributed by atoms with Crippen molar-refractivity contribution in [3.8, 4) is 6.07 Å². The first-order valence-electron chi connectivity index (χ1n) is 2.93. The zero-order valence-electron chi connectivity index (χ0n) is 5.54. The highest BCUT2D eigenvalue weighted by atomic mass is 19.3. The van der Waals surface area contributed by atoms with Crippen molar-refractivity contribution in [2.75, 3.05) is 0 Å². The van der Waals surface area contributed by atoms with E-state index >= 15 is 0 Å². The number of aromatic nitrogens is 2. The predicted molar refractivity (Wildman–Crippen MR) is 32.9 cm³/mol. The second kappa shape index (κ2) is 3.10. The molecule has 0 fully saturated rings. The Morgan fingerprint density at radius 1 is 1.73 bits per heavy atom.